The molecule has 1 heterocycles. The van der Waals surface area contributed by atoms with E-state index in [4.69, 9.17) is 17.3 Å². The SMILES string of the molecule is Cc1cc(Cl)ccc1N1CCC(CN)C1C. The standard InChI is InChI=1S/C13H19ClN2/c1-9-7-12(14)3-4-13(9)16-6-5-11(8-15)10(16)2/h3-4,7,10-11H,5-6,8,15H2,1-2H3. The lowest BCUT2D eigenvalue weighted by Crippen LogP contribution is -2.33. The van der Waals surface area contributed by atoms with Crippen LogP contribution in [0.2, 0.25) is 5.02 Å². The largest absolute Gasteiger partial charge is 0.368 e. The van der Waals surface area contributed by atoms with Gasteiger partial charge in [0, 0.05) is 23.3 Å². The smallest absolute Gasteiger partial charge is 0.0410 e. The number of benzene rings is 1. The minimum Gasteiger partial charge on any atom is -0.368 e. The summed E-state index contributed by atoms with van der Waals surface area (Å²) >= 11 is 5.98. The zero-order valence-electron chi connectivity index (χ0n) is 9.91. The predicted molar refractivity (Wildman–Crippen MR) is 70.2 cm³/mol. The first-order valence-corrected chi connectivity index (χ1v) is 6.24. The summed E-state index contributed by atoms with van der Waals surface area (Å²) in [5.41, 5.74) is 8.33. The second-order valence-corrected chi connectivity index (χ2v) is 5.09. The van der Waals surface area contributed by atoms with Gasteiger partial charge in [0.2, 0.25) is 0 Å². The molecule has 2 rings (SSSR count). The Morgan fingerprint density at radius 3 is 2.81 bits per heavy atom. The van der Waals surface area contributed by atoms with Gasteiger partial charge in [0.05, 0.1) is 0 Å². The molecule has 0 aromatic heterocycles. The molecule has 1 aromatic carbocycles. The molecule has 2 unspecified atom stereocenters. The molecule has 1 aliphatic heterocycles. The lowest BCUT2D eigenvalue weighted by molar-refractivity contribution is 0.508. The summed E-state index contributed by atoms with van der Waals surface area (Å²) in [5.74, 6) is 0.620. The molecule has 16 heavy (non-hydrogen) atoms. The van der Waals surface area contributed by atoms with E-state index in [0.717, 1.165) is 18.1 Å². The predicted octanol–water partition coefficient (Wildman–Crippen LogP) is 2.82. The van der Waals surface area contributed by atoms with Crippen LogP contribution in [0.1, 0.15) is 18.9 Å². The van der Waals surface area contributed by atoms with Crippen molar-refractivity contribution in [2.24, 2.45) is 11.7 Å². The van der Waals surface area contributed by atoms with Crippen LogP contribution in [-0.2, 0) is 0 Å². The highest BCUT2D eigenvalue weighted by molar-refractivity contribution is 6.30. The molecule has 0 radical (unpaired) electrons. The summed E-state index contributed by atoms with van der Waals surface area (Å²) in [6, 6.07) is 6.64. The van der Waals surface area contributed by atoms with Crippen LogP contribution in [-0.4, -0.2) is 19.1 Å². The fraction of sp³-hybridized carbons (Fsp3) is 0.538. The Morgan fingerprint density at radius 1 is 1.50 bits per heavy atom. The lowest BCUT2D eigenvalue weighted by atomic mass is 10.0. The number of rotatable bonds is 2. The first kappa shape index (κ1) is 11.7. The molecular weight excluding hydrogens is 220 g/mol. The molecule has 0 aliphatic carbocycles. The number of anilines is 1. The van der Waals surface area contributed by atoms with Crippen molar-refractivity contribution in [3.05, 3.63) is 28.8 Å². The lowest BCUT2D eigenvalue weighted by Gasteiger charge is -2.28. The van der Waals surface area contributed by atoms with Crippen molar-refractivity contribution in [2.45, 2.75) is 26.3 Å². The van der Waals surface area contributed by atoms with Crippen molar-refractivity contribution in [2.75, 3.05) is 18.0 Å². The van der Waals surface area contributed by atoms with Gasteiger partial charge >= 0.3 is 0 Å². The normalized spacial score (nSPS) is 25.1. The maximum atomic E-state index is 5.98. The van der Waals surface area contributed by atoms with Crippen LogP contribution in [0.3, 0.4) is 0 Å². The summed E-state index contributed by atoms with van der Waals surface area (Å²) in [7, 11) is 0. The maximum absolute atomic E-state index is 5.98. The number of hydrogen-bond donors (Lipinski definition) is 1. The van der Waals surface area contributed by atoms with Gasteiger partial charge in [-0.15, -0.1) is 0 Å². The number of hydrogen-bond acceptors (Lipinski definition) is 2. The molecule has 2 atom stereocenters. The van der Waals surface area contributed by atoms with Gasteiger partial charge in [-0.2, -0.15) is 0 Å². The summed E-state index contributed by atoms with van der Waals surface area (Å²) in [4.78, 5) is 2.45. The molecule has 0 saturated carbocycles. The van der Waals surface area contributed by atoms with Crippen LogP contribution >= 0.6 is 11.6 Å². The zero-order chi connectivity index (χ0) is 11.7. The van der Waals surface area contributed by atoms with E-state index in [9.17, 15) is 0 Å². The third-order valence-electron chi connectivity index (χ3n) is 3.69. The molecule has 3 heteroatoms. The van der Waals surface area contributed by atoms with E-state index in [1.54, 1.807) is 0 Å². The highest BCUT2D eigenvalue weighted by atomic mass is 35.5. The molecule has 2 nitrogen and oxygen atoms in total. The van der Waals surface area contributed by atoms with E-state index < -0.39 is 0 Å². The average molecular weight is 239 g/mol. The summed E-state index contributed by atoms with van der Waals surface area (Å²) in [5, 5.41) is 0.809. The fourth-order valence-corrected chi connectivity index (χ4v) is 2.83. The Bertz CT molecular complexity index is 378. The number of nitrogens with zero attached hydrogens (tertiary/aromatic N) is 1. The zero-order valence-corrected chi connectivity index (χ0v) is 10.7. The summed E-state index contributed by atoms with van der Waals surface area (Å²) in [6.45, 7) is 6.26. The minimum atomic E-state index is 0.532. The average Bonchev–Trinajstić information content (AvgIpc) is 2.60. The molecule has 0 amide bonds. The van der Waals surface area contributed by atoms with Gasteiger partial charge in [-0.25, -0.2) is 0 Å². The van der Waals surface area contributed by atoms with E-state index in [2.05, 4.69) is 24.8 Å². The summed E-state index contributed by atoms with van der Waals surface area (Å²) < 4.78 is 0. The van der Waals surface area contributed by atoms with Crippen molar-refractivity contribution in [1.29, 1.82) is 0 Å². The van der Waals surface area contributed by atoms with Crippen molar-refractivity contribution in [3.8, 4) is 0 Å². The van der Waals surface area contributed by atoms with Crippen molar-refractivity contribution >= 4 is 17.3 Å². The summed E-state index contributed by atoms with van der Waals surface area (Å²) in [6.07, 6.45) is 1.19. The highest BCUT2D eigenvalue weighted by Crippen LogP contribution is 2.32. The van der Waals surface area contributed by atoms with E-state index in [1.165, 1.54) is 17.7 Å². The monoisotopic (exact) mass is 238 g/mol. The van der Waals surface area contributed by atoms with Gasteiger partial charge in [0.1, 0.15) is 0 Å². The third kappa shape index (κ3) is 2.04. The topological polar surface area (TPSA) is 29.3 Å². The molecule has 1 aromatic rings. The van der Waals surface area contributed by atoms with Crippen LogP contribution in [0, 0.1) is 12.8 Å². The maximum Gasteiger partial charge on any atom is 0.0410 e. The molecule has 1 fully saturated rings. The Labute approximate surface area is 102 Å². The first-order valence-electron chi connectivity index (χ1n) is 5.86. The minimum absolute atomic E-state index is 0.532. The van der Waals surface area contributed by atoms with E-state index in [0.29, 0.717) is 12.0 Å². The first-order chi connectivity index (χ1) is 7.63. The number of aryl methyl sites for hydroxylation is 1. The van der Waals surface area contributed by atoms with Gasteiger partial charge in [0.15, 0.2) is 0 Å². The highest BCUT2D eigenvalue weighted by Gasteiger charge is 2.30. The Morgan fingerprint density at radius 2 is 2.25 bits per heavy atom. The van der Waals surface area contributed by atoms with Crippen LogP contribution in [0.5, 0.6) is 0 Å². The quantitative estimate of drug-likeness (QED) is 0.859. The Hall–Kier alpha value is -0.730. The Kier molecular flexibility index (Phi) is 3.41. The van der Waals surface area contributed by atoms with Gasteiger partial charge in [-0.1, -0.05) is 11.6 Å². The molecule has 0 bridgehead atoms. The molecule has 1 aliphatic rings. The van der Waals surface area contributed by atoms with Gasteiger partial charge in [0.25, 0.3) is 0 Å². The molecule has 2 N–H and O–H groups in total. The van der Waals surface area contributed by atoms with Crippen LogP contribution in [0.4, 0.5) is 5.69 Å². The second kappa shape index (κ2) is 4.64. The number of halogens is 1. The molecular formula is C13H19ClN2. The van der Waals surface area contributed by atoms with Crippen LogP contribution in [0.25, 0.3) is 0 Å². The molecule has 1 saturated heterocycles. The second-order valence-electron chi connectivity index (χ2n) is 4.65. The van der Waals surface area contributed by atoms with Crippen molar-refractivity contribution < 1.29 is 0 Å². The van der Waals surface area contributed by atoms with Gasteiger partial charge in [-0.05, 0) is 56.5 Å². The van der Waals surface area contributed by atoms with Gasteiger partial charge in [-0.3, -0.25) is 0 Å². The molecule has 88 valence electrons. The van der Waals surface area contributed by atoms with Crippen LogP contribution < -0.4 is 10.6 Å². The van der Waals surface area contributed by atoms with Crippen molar-refractivity contribution in [3.63, 3.8) is 0 Å². The molecule has 0 spiro atoms. The van der Waals surface area contributed by atoms with Gasteiger partial charge < -0.3 is 10.6 Å². The van der Waals surface area contributed by atoms with E-state index >= 15 is 0 Å². The Balaban J connectivity index is 2.25. The third-order valence-corrected chi connectivity index (χ3v) is 3.92. The van der Waals surface area contributed by atoms with Crippen molar-refractivity contribution in [1.82, 2.24) is 0 Å². The van der Waals surface area contributed by atoms with E-state index in [1.807, 2.05) is 12.1 Å². The fourth-order valence-electron chi connectivity index (χ4n) is 2.60. The van der Waals surface area contributed by atoms with E-state index in [-0.39, 0.29) is 0 Å². The number of nitrogens with two attached hydrogens (primary N) is 1. The van der Waals surface area contributed by atoms with Crippen LogP contribution in [0.15, 0.2) is 18.2 Å².